The molecule has 1 atom stereocenters. The summed E-state index contributed by atoms with van der Waals surface area (Å²) >= 11 is 0. The highest BCUT2D eigenvalue weighted by molar-refractivity contribution is 5.71. The van der Waals surface area contributed by atoms with Crippen molar-refractivity contribution in [3.8, 4) is 0 Å². The highest BCUT2D eigenvalue weighted by Gasteiger charge is 2.19. The predicted octanol–water partition coefficient (Wildman–Crippen LogP) is 17.7. The fourth-order valence-electron chi connectivity index (χ4n) is 7.83. The maximum absolute atomic E-state index is 12.8. The summed E-state index contributed by atoms with van der Waals surface area (Å²) in [5.41, 5.74) is 0. The van der Waals surface area contributed by atoms with Gasteiger partial charge in [0.2, 0.25) is 0 Å². The maximum atomic E-state index is 12.8. The molecule has 6 nitrogen and oxygen atoms in total. The van der Waals surface area contributed by atoms with E-state index < -0.39 is 6.10 Å². The van der Waals surface area contributed by atoms with Gasteiger partial charge in [0, 0.05) is 19.3 Å². The lowest BCUT2D eigenvalue weighted by atomic mass is 10.0. The minimum atomic E-state index is -0.782. The molecule has 362 valence electrons. The maximum Gasteiger partial charge on any atom is 0.306 e. The minimum Gasteiger partial charge on any atom is -0.462 e. The van der Waals surface area contributed by atoms with Crippen LogP contribution in [-0.4, -0.2) is 37.2 Å². The molecular weight excluding hydrogens is 769 g/mol. The lowest BCUT2D eigenvalue weighted by Crippen LogP contribution is -2.30. The van der Waals surface area contributed by atoms with E-state index in [2.05, 4.69) is 57.2 Å². The number of rotatable bonds is 49. The Kier molecular flexibility index (Phi) is 49.3. The fraction of sp³-hybridized carbons (Fsp3) is 0.839. The van der Waals surface area contributed by atoms with Crippen molar-refractivity contribution in [2.45, 2.75) is 290 Å². The largest absolute Gasteiger partial charge is 0.462 e. The summed E-state index contributed by atoms with van der Waals surface area (Å²) < 4.78 is 16.8. The van der Waals surface area contributed by atoms with E-state index in [9.17, 15) is 14.4 Å². The molecule has 0 aliphatic carbocycles. The second kappa shape index (κ2) is 51.3. The Morgan fingerprint density at radius 2 is 0.629 bits per heavy atom. The minimum absolute atomic E-state index is 0.0817. The summed E-state index contributed by atoms with van der Waals surface area (Å²) in [5.74, 6) is -0.911. The van der Waals surface area contributed by atoms with Gasteiger partial charge >= 0.3 is 17.9 Å². The number of ether oxygens (including phenoxy) is 3. The topological polar surface area (TPSA) is 78.9 Å². The highest BCUT2D eigenvalue weighted by Crippen LogP contribution is 2.16. The van der Waals surface area contributed by atoms with Crippen molar-refractivity contribution in [1.82, 2.24) is 0 Å². The molecule has 0 aromatic rings. The number of hydrogen-bond donors (Lipinski definition) is 0. The van der Waals surface area contributed by atoms with E-state index in [0.717, 1.165) is 70.6 Å². The van der Waals surface area contributed by atoms with E-state index in [1.54, 1.807) is 0 Å². The molecule has 1 unspecified atom stereocenters. The Labute approximate surface area is 385 Å². The molecule has 0 saturated heterocycles. The van der Waals surface area contributed by atoms with Gasteiger partial charge in [-0.2, -0.15) is 0 Å². The number of carbonyl (C=O) groups is 3. The standard InChI is InChI=1S/C56H102O6/c1-4-7-10-13-16-19-21-23-25-27-28-29-31-32-34-37-40-43-46-49-55(58)61-52-53(51-60-54(57)48-45-42-39-36-18-15-12-9-6-3)62-56(59)50-47-44-41-38-35-33-30-26-24-22-20-17-14-11-8-5-2/h9,12,18,27-28,36,53H,4-8,10-11,13-17,19-26,29-35,37-52H2,1-3H3/b12-9-,28-27-,36-18-. The molecule has 0 spiro atoms. The van der Waals surface area contributed by atoms with E-state index in [4.69, 9.17) is 14.2 Å². The number of carbonyl (C=O) groups excluding carboxylic acids is 3. The Balaban J connectivity index is 4.27. The third kappa shape index (κ3) is 48.7. The van der Waals surface area contributed by atoms with E-state index >= 15 is 0 Å². The Morgan fingerprint density at radius 1 is 0.339 bits per heavy atom. The van der Waals surface area contributed by atoms with Crippen molar-refractivity contribution < 1.29 is 28.6 Å². The van der Waals surface area contributed by atoms with Gasteiger partial charge in [0.1, 0.15) is 13.2 Å². The van der Waals surface area contributed by atoms with Crippen LogP contribution in [0.15, 0.2) is 36.5 Å². The van der Waals surface area contributed by atoms with E-state index in [-0.39, 0.29) is 31.1 Å². The smallest absolute Gasteiger partial charge is 0.306 e. The molecule has 0 aromatic carbocycles. The molecule has 6 heteroatoms. The SMILES string of the molecule is CC/C=C\C/C=C\CCCCC(=O)OCC(COC(=O)CCCCCCCCC/C=C\CCCCCCCCCC)OC(=O)CCCCCCCCCCCCCCCCCC. The summed E-state index contributed by atoms with van der Waals surface area (Å²) in [4.78, 5) is 37.9. The molecule has 0 bridgehead atoms. The average molecular weight is 871 g/mol. The van der Waals surface area contributed by atoms with Crippen LogP contribution in [0.5, 0.6) is 0 Å². The van der Waals surface area contributed by atoms with Crippen LogP contribution >= 0.6 is 0 Å². The van der Waals surface area contributed by atoms with Gasteiger partial charge in [0.05, 0.1) is 0 Å². The van der Waals surface area contributed by atoms with Crippen LogP contribution in [0.1, 0.15) is 284 Å². The number of hydrogen-bond acceptors (Lipinski definition) is 6. The molecule has 0 aromatic heterocycles. The van der Waals surface area contributed by atoms with Crippen LogP contribution in [0.25, 0.3) is 0 Å². The van der Waals surface area contributed by atoms with E-state index in [1.807, 2.05) is 0 Å². The van der Waals surface area contributed by atoms with Gasteiger partial charge < -0.3 is 14.2 Å². The molecular formula is C56H102O6. The van der Waals surface area contributed by atoms with Crippen LogP contribution in [0, 0.1) is 0 Å². The van der Waals surface area contributed by atoms with Crippen LogP contribution in [-0.2, 0) is 28.6 Å². The summed E-state index contributed by atoms with van der Waals surface area (Å²) in [5, 5.41) is 0. The normalized spacial score (nSPS) is 12.2. The molecule has 0 amide bonds. The zero-order chi connectivity index (χ0) is 45.1. The number of esters is 3. The molecule has 0 saturated carbocycles. The third-order valence-corrected chi connectivity index (χ3v) is 11.9. The second-order valence-electron chi connectivity index (χ2n) is 18.1. The first-order chi connectivity index (χ1) is 30.5. The Morgan fingerprint density at radius 3 is 1.02 bits per heavy atom. The summed E-state index contributed by atoms with van der Waals surface area (Å²) in [6.45, 7) is 6.51. The van der Waals surface area contributed by atoms with Crippen molar-refractivity contribution in [1.29, 1.82) is 0 Å². The number of allylic oxidation sites excluding steroid dienone is 6. The summed E-state index contributed by atoms with van der Waals surface area (Å²) in [6, 6.07) is 0. The van der Waals surface area contributed by atoms with Crippen molar-refractivity contribution in [3.63, 3.8) is 0 Å². The Bertz CT molecular complexity index is 1050. The van der Waals surface area contributed by atoms with Gasteiger partial charge in [-0.1, -0.05) is 231 Å². The monoisotopic (exact) mass is 871 g/mol. The quantitative estimate of drug-likeness (QED) is 0.0262. The molecule has 0 fully saturated rings. The first-order valence-corrected chi connectivity index (χ1v) is 27.0. The van der Waals surface area contributed by atoms with Crippen molar-refractivity contribution in [2.75, 3.05) is 13.2 Å². The van der Waals surface area contributed by atoms with E-state index in [1.165, 1.54) is 173 Å². The van der Waals surface area contributed by atoms with Gasteiger partial charge in [-0.15, -0.1) is 0 Å². The molecule has 0 heterocycles. The molecule has 0 aliphatic heterocycles. The lowest BCUT2D eigenvalue weighted by Gasteiger charge is -2.18. The van der Waals surface area contributed by atoms with Gasteiger partial charge in [-0.25, -0.2) is 0 Å². The van der Waals surface area contributed by atoms with Gasteiger partial charge in [0.15, 0.2) is 6.10 Å². The van der Waals surface area contributed by atoms with Crippen molar-refractivity contribution in [2.24, 2.45) is 0 Å². The van der Waals surface area contributed by atoms with Crippen molar-refractivity contribution >= 4 is 17.9 Å². The molecule has 0 N–H and O–H groups in total. The fourth-order valence-corrected chi connectivity index (χ4v) is 7.83. The summed E-state index contributed by atoms with van der Waals surface area (Å²) in [7, 11) is 0. The van der Waals surface area contributed by atoms with Crippen LogP contribution in [0.2, 0.25) is 0 Å². The van der Waals surface area contributed by atoms with E-state index in [0.29, 0.717) is 19.3 Å². The van der Waals surface area contributed by atoms with Crippen LogP contribution in [0.4, 0.5) is 0 Å². The van der Waals surface area contributed by atoms with Gasteiger partial charge in [0.25, 0.3) is 0 Å². The third-order valence-electron chi connectivity index (χ3n) is 11.9. The van der Waals surface area contributed by atoms with Crippen LogP contribution in [0.3, 0.4) is 0 Å². The highest BCUT2D eigenvalue weighted by atomic mass is 16.6. The zero-order valence-corrected chi connectivity index (χ0v) is 41.4. The lowest BCUT2D eigenvalue weighted by molar-refractivity contribution is -0.167. The molecule has 0 aliphatic rings. The molecule has 62 heavy (non-hydrogen) atoms. The van der Waals surface area contributed by atoms with Crippen molar-refractivity contribution in [3.05, 3.63) is 36.5 Å². The Hall–Kier alpha value is -2.37. The van der Waals surface area contributed by atoms with Gasteiger partial charge in [-0.05, 0) is 70.6 Å². The first kappa shape index (κ1) is 59.6. The molecule has 0 radical (unpaired) electrons. The predicted molar refractivity (Wildman–Crippen MR) is 266 cm³/mol. The van der Waals surface area contributed by atoms with Crippen LogP contribution < -0.4 is 0 Å². The average Bonchev–Trinajstić information content (AvgIpc) is 3.27. The zero-order valence-electron chi connectivity index (χ0n) is 41.4. The molecule has 0 rings (SSSR count). The first-order valence-electron chi connectivity index (χ1n) is 27.0. The van der Waals surface area contributed by atoms with Gasteiger partial charge in [-0.3, -0.25) is 14.4 Å². The number of unbranched alkanes of at least 4 members (excludes halogenated alkanes) is 32. The summed E-state index contributed by atoms with van der Waals surface area (Å²) in [6.07, 6.45) is 60.1. The second-order valence-corrected chi connectivity index (χ2v) is 18.1.